The van der Waals surface area contributed by atoms with Gasteiger partial charge in [0.1, 0.15) is 32.8 Å². The molecule has 560 valence electrons. The molecule has 0 bridgehead atoms. The fourth-order valence-electron chi connectivity index (χ4n) is 12.4. The average Bonchev–Trinajstić information content (AvgIpc) is 0.830. The Bertz CT molecular complexity index is 4170. The lowest BCUT2D eigenvalue weighted by Crippen LogP contribution is -2.13. The monoisotopic (exact) mass is 1460 g/mol. The van der Waals surface area contributed by atoms with Gasteiger partial charge in [0, 0.05) is 11.4 Å². The van der Waals surface area contributed by atoms with Crippen LogP contribution in [-0.4, -0.2) is 55.8 Å². The van der Waals surface area contributed by atoms with Crippen molar-refractivity contribution in [3.63, 3.8) is 0 Å². The van der Waals surface area contributed by atoms with Crippen molar-refractivity contribution in [2.45, 2.75) is 227 Å². The van der Waals surface area contributed by atoms with Gasteiger partial charge < -0.3 is 29.6 Å². The molecule has 0 saturated carbocycles. The molecule has 0 aliphatic heterocycles. The lowest BCUT2D eigenvalue weighted by Gasteiger charge is -2.23. The molecule has 2 heterocycles. The van der Waals surface area contributed by atoms with Gasteiger partial charge in [-0.2, -0.15) is 36.8 Å². The van der Waals surface area contributed by atoms with E-state index in [1.165, 1.54) is 48.6 Å². The molecule has 0 unspecified atom stereocenters. The molecule has 0 aliphatic carbocycles. The Morgan fingerprint density at radius 3 is 0.731 bits per heavy atom. The molecule has 0 spiro atoms. The highest BCUT2D eigenvalue weighted by atomic mass is 32.2. The van der Waals surface area contributed by atoms with Crippen molar-refractivity contribution in [3.05, 3.63) is 165 Å². The number of benzene rings is 6. The molecule has 0 fully saturated rings. The lowest BCUT2D eigenvalue weighted by molar-refractivity contribution is 0.370. The van der Waals surface area contributed by atoms with E-state index in [1.807, 2.05) is 48.5 Å². The summed E-state index contributed by atoms with van der Waals surface area (Å²) in [6, 6.07) is 32.3. The molecule has 0 radical (unpaired) electrons. The Labute approximate surface area is 620 Å². The van der Waals surface area contributed by atoms with Crippen LogP contribution in [0.2, 0.25) is 0 Å². The molecule has 0 aliphatic rings. The van der Waals surface area contributed by atoms with Gasteiger partial charge in [-0.3, -0.25) is 9.11 Å². The van der Waals surface area contributed by atoms with Crippen LogP contribution in [-0.2, 0) is 71.6 Å². The van der Waals surface area contributed by atoms with Crippen LogP contribution in [0, 0.1) is 43.3 Å². The standard InChI is InChI=1S/C84H112N8O10S2/c1-77(2,3)45-53-25-35-65(59(39-53)49-81(13,14)15)99-73-87-71(88-74(91-73)100-66-36-26-54(46-78(4,5)6)40-60(66)50-82(16,17)18)85-63-33-31-57(69(43-63)103(93,94)95)29-30-58-32-34-64(44-70(58)104(96,97)98)86-72-89-75(101-67-37-27-55(47-79(7,8)9)41-61(67)51-83(19,20)21)92-76(90-72)102-68-38-28-56(48-80(10,11)12)42-62(68)52-84(22,23)24/h25-44H,45-52H2,1-24H3,(H,93,94,95)(H,96,97,98)(H,85,87,88,91)(H,86,89,90,92). The van der Waals surface area contributed by atoms with Crippen molar-refractivity contribution in [2.75, 3.05) is 10.6 Å². The van der Waals surface area contributed by atoms with Crippen LogP contribution in [0.25, 0.3) is 12.2 Å². The van der Waals surface area contributed by atoms with E-state index >= 15 is 0 Å². The quantitative estimate of drug-likeness (QED) is 0.0324. The van der Waals surface area contributed by atoms with Crippen LogP contribution in [0.15, 0.2) is 119 Å². The zero-order chi connectivity index (χ0) is 77.1. The van der Waals surface area contributed by atoms with Gasteiger partial charge in [0.15, 0.2) is 0 Å². The van der Waals surface area contributed by atoms with E-state index in [0.717, 1.165) is 70.2 Å². The van der Waals surface area contributed by atoms with Gasteiger partial charge in [-0.25, -0.2) is 0 Å². The summed E-state index contributed by atoms with van der Waals surface area (Å²) in [5, 5.41) is 6.20. The summed E-state index contributed by atoms with van der Waals surface area (Å²) in [7, 11) is -9.99. The van der Waals surface area contributed by atoms with Gasteiger partial charge in [0.05, 0.1) is 0 Å². The minimum atomic E-state index is -5.00. The third kappa shape index (κ3) is 26.4. The number of hydrogen-bond donors (Lipinski definition) is 4. The predicted molar refractivity (Wildman–Crippen MR) is 419 cm³/mol. The number of anilines is 4. The van der Waals surface area contributed by atoms with Crippen LogP contribution in [0.4, 0.5) is 23.3 Å². The number of nitrogens with one attached hydrogen (secondary N) is 2. The fourth-order valence-corrected chi connectivity index (χ4v) is 13.8. The third-order valence-electron chi connectivity index (χ3n) is 15.9. The van der Waals surface area contributed by atoms with E-state index in [-0.39, 0.29) is 102 Å². The van der Waals surface area contributed by atoms with Crippen molar-refractivity contribution < 1.29 is 44.9 Å². The molecule has 2 aromatic heterocycles. The summed E-state index contributed by atoms with van der Waals surface area (Å²) < 4.78 is 102. The molecule has 0 atom stereocenters. The number of hydrogen-bond acceptors (Lipinski definition) is 16. The van der Waals surface area contributed by atoms with Crippen molar-refractivity contribution in [2.24, 2.45) is 43.3 Å². The molecular formula is C84H112N8O10S2. The smallest absolute Gasteiger partial charge is 0.330 e. The summed E-state index contributed by atoms with van der Waals surface area (Å²) >= 11 is 0. The maximum Gasteiger partial charge on any atom is 0.330 e. The maximum absolute atomic E-state index is 13.4. The largest absolute Gasteiger partial charge is 0.424 e. The molecule has 4 N–H and O–H groups in total. The Balaban J connectivity index is 1.17. The molecule has 8 aromatic rings. The van der Waals surface area contributed by atoms with Gasteiger partial charge in [-0.15, -0.1) is 9.97 Å². The van der Waals surface area contributed by atoms with E-state index in [4.69, 9.17) is 48.9 Å². The van der Waals surface area contributed by atoms with Crippen molar-refractivity contribution in [3.8, 4) is 47.0 Å². The summed E-state index contributed by atoms with van der Waals surface area (Å²) in [5.41, 5.74) is 8.24. The van der Waals surface area contributed by atoms with E-state index in [0.29, 0.717) is 48.7 Å². The second-order valence-electron chi connectivity index (χ2n) is 37.6. The Kier molecular flexibility index (Phi) is 24.3. The first-order chi connectivity index (χ1) is 47.6. The molecule has 104 heavy (non-hydrogen) atoms. The highest BCUT2D eigenvalue weighted by molar-refractivity contribution is 7.86. The zero-order valence-corrected chi connectivity index (χ0v) is 67.5. The fraction of sp³-hybridized carbons (Fsp3) is 0.476. The molecule has 0 amide bonds. The first-order valence-electron chi connectivity index (χ1n) is 35.8. The summed E-state index contributed by atoms with van der Waals surface area (Å²) in [6.07, 6.45) is 8.67. The Hall–Kier alpha value is -8.30. The van der Waals surface area contributed by atoms with Gasteiger partial charge in [-0.1, -0.05) is 239 Å². The van der Waals surface area contributed by atoms with Crippen molar-refractivity contribution in [1.82, 2.24) is 29.9 Å². The van der Waals surface area contributed by atoms with Crippen LogP contribution >= 0.6 is 0 Å². The van der Waals surface area contributed by atoms with Crippen molar-refractivity contribution in [1.29, 1.82) is 0 Å². The Morgan fingerprint density at radius 2 is 0.529 bits per heavy atom. The van der Waals surface area contributed by atoms with Crippen LogP contribution in [0.5, 0.6) is 47.0 Å². The van der Waals surface area contributed by atoms with Gasteiger partial charge >= 0.3 is 24.0 Å². The molecule has 18 nitrogen and oxygen atoms in total. The molecule has 6 aromatic carbocycles. The minimum absolute atomic E-state index is 0.0291. The number of rotatable bonds is 24. The predicted octanol–water partition coefficient (Wildman–Crippen LogP) is 22.1. The number of ether oxygens (including phenoxy) is 4. The Morgan fingerprint density at radius 1 is 0.308 bits per heavy atom. The van der Waals surface area contributed by atoms with E-state index in [1.54, 1.807) is 0 Å². The highest BCUT2D eigenvalue weighted by Crippen LogP contribution is 2.40. The summed E-state index contributed by atoms with van der Waals surface area (Å²) in [5.74, 6) is 1.99. The number of aromatic nitrogens is 6. The second-order valence-corrected chi connectivity index (χ2v) is 40.3. The first-order valence-corrected chi connectivity index (χ1v) is 38.6. The second kappa shape index (κ2) is 31.0. The first kappa shape index (κ1) is 81.4. The topological polar surface area (TPSA) is 247 Å². The van der Waals surface area contributed by atoms with E-state index in [2.05, 4.69) is 201 Å². The van der Waals surface area contributed by atoms with Gasteiger partial charge in [-0.05, 0) is 199 Å². The average molecular weight is 1460 g/mol. The van der Waals surface area contributed by atoms with Crippen LogP contribution in [0.1, 0.15) is 222 Å². The van der Waals surface area contributed by atoms with Crippen LogP contribution in [0.3, 0.4) is 0 Å². The summed E-state index contributed by atoms with van der Waals surface area (Å²) in [6.45, 7) is 52.3. The SMILES string of the molecule is CC(C)(C)Cc1ccc(Oc2nc(Nc3ccc(C=Cc4ccc(Nc5nc(Oc6ccc(CC(C)(C)C)cc6CC(C)(C)C)nc(Oc6ccc(CC(C)(C)C)cc6CC(C)(C)C)n5)cc4S(=O)(=O)O)c(S(=O)(=O)O)c3)nc(Oc3ccc(CC(C)(C)C)cc3CC(C)(C)C)n2)c(CC(C)(C)C)c1. The molecule has 8 rings (SSSR count). The third-order valence-corrected chi connectivity index (χ3v) is 17.7. The molecular weight excluding hydrogens is 1350 g/mol. The summed E-state index contributed by atoms with van der Waals surface area (Å²) in [4.78, 5) is 27.1. The highest BCUT2D eigenvalue weighted by Gasteiger charge is 2.28. The van der Waals surface area contributed by atoms with E-state index < -0.39 is 30.0 Å². The molecule has 20 heteroatoms. The van der Waals surface area contributed by atoms with Gasteiger partial charge in [0.2, 0.25) is 11.9 Å². The lowest BCUT2D eigenvalue weighted by atomic mass is 9.84. The van der Waals surface area contributed by atoms with Crippen molar-refractivity contribution >= 4 is 55.7 Å². The molecule has 0 saturated heterocycles. The minimum Gasteiger partial charge on any atom is -0.424 e. The van der Waals surface area contributed by atoms with Gasteiger partial charge in [0.25, 0.3) is 20.2 Å². The maximum atomic E-state index is 13.4. The normalized spacial score (nSPS) is 13.1. The zero-order valence-electron chi connectivity index (χ0n) is 65.9. The van der Waals surface area contributed by atoms with E-state index in [9.17, 15) is 25.9 Å². The number of nitrogens with zero attached hydrogens (tertiary/aromatic N) is 6. The van der Waals surface area contributed by atoms with Crippen LogP contribution < -0.4 is 29.6 Å².